The highest BCUT2D eigenvalue weighted by atomic mass is 35.5. The van der Waals surface area contributed by atoms with Gasteiger partial charge in [0.1, 0.15) is 5.82 Å². The zero-order valence-corrected chi connectivity index (χ0v) is 12.6. The van der Waals surface area contributed by atoms with Gasteiger partial charge in [-0.2, -0.15) is 4.31 Å². The highest BCUT2D eigenvalue weighted by Crippen LogP contribution is 2.28. The molecule has 1 aliphatic rings. The Hall–Kier alpha value is -0.650. The van der Waals surface area contributed by atoms with Crippen LogP contribution in [-0.4, -0.2) is 25.3 Å². The molecule has 0 aliphatic carbocycles. The molecular weight excluding hydrogens is 289 g/mol. The fourth-order valence-electron chi connectivity index (χ4n) is 2.45. The van der Waals surface area contributed by atoms with E-state index < -0.39 is 15.8 Å². The van der Waals surface area contributed by atoms with Crippen molar-refractivity contribution in [2.24, 2.45) is 0 Å². The minimum absolute atomic E-state index is 0.00480. The van der Waals surface area contributed by atoms with Crippen molar-refractivity contribution < 1.29 is 12.8 Å². The molecule has 2 rings (SSSR count). The van der Waals surface area contributed by atoms with Gasteiger partial charge in [-0.1, -0.05) is 0 Å². The fourth-order valence-corrected chi connectivity index (χ4v) is 4.48. The summed E-state index contributed by atoms with van der Waals surface area (Å²) in [6.07, 6.45) is 1.73. The second-order valence-electron chi connectivity index (χ2n) is 4.95. The molecule has 1 unspecified atom stereocenters. The average molecular weight is 306 g/mol. The number of benzene rings is 1. The van der Waals surface area contributed by atoms with Gasteiger partial charge in [0.2, 0.25) is 10.0 Å². The van der Waals surface area contributed by atoms with Crippen molar-refractivity contribution in [3.8, 4) is 0 Å². The van der Waals surface area contributed by atoms with Crippen molar-refractivity contribution in [2.75, 3.05) is 6.54 Å². The quantitative estimate of drug-likeness (QED) is 0.805. The van der Waals surface area contributed by atoms with Gasteiger partial charge in [0.15, 0.2) is 0 Å². The maximum Gasteiger partial charge on any atom is 0.243 e. The highest BCUT2D eigenvalue weighted by molar-refractivity contribution is 7.89. The molecule has 1 saturated heterocycles. The third-order valence-electron chi connectivity index (χ3n) is 3.55. The van der Waals surface area contributed by atoms with E-state index in [1.54, 1.807) is 6.92 Å². The first kappa shape index (κ1) is 14.8. The molecule has 1 fully saturated rings. The molecule has 1 heterocycles. The summed E-state index contributed by atoms with van der Waals surface area (Å²) in [5.41, 5.74) is 0.538. The van der Waals surface area contributed by atoms with E-state index in [2.05, 4.69) is 0 Å². The largest absolute Gasteiger partial charge is 0.243 e. The lowest BCUT2D eigenvalue weighted by atomic mass is 10.1. The molecular formula is C13H17ClFNO2S. The second kappa shape index (κ2) is 5.38. The summed E-state index contributed by atoms with van der Waals surface area (Å²) >= 11 is 5.67. The van der Waals surface area contributed by atoms with Crippen LogP contribution in [0.4, 0.5) is 4.39 Å². The molecule has 0 radical (unpaired) electrons. The Balaban J connectivity index is 2.49. The molecule has 6 heteroatoms. The van der Waals surface area contributed by atoms with Crippen LogP contribution in [0.15, 0.2) is 17.0 Å². The lowest BCUT2D eigenvalue weighted by molar-refractivity contribution is 0.408. The topological polar surface area (TPSA) is 37.4 Å². The number of nitrogens with zero attached hydrogens (tertiary/aromatic N) is 1. The SMILES string of the molecule is Cc1cc(S(=O)(=O)N2CCCC2C)cc(CCl)c1F. The molecule has 1 aliphatic heterocycles. The van der Waals surface area contributed by atoms with Gasteiger partial charge >= 0.3 is 0 Å². The molecule has 3 nitrogen and oxygen atoms in total. The first-order chi connectivity index (χ1) is 8.87. The number of sulfonamides is 1. The van der Waals surface area contributed by atoms with Crippen molar-refractivity contribution in [1.82, 2.24) is 4.31 Å². The molecule has 1 aromatic carbocycles. The molecule has 0 N–H and O–H groups in total. The third-order valence-corrected chi connectivity index (χ3v) is 5.83. The Morgan fingerprint density at radius 3 is 2.68 bits per heavy atom. The van der Waals surface area contributed by atoms with Crippen molar-refractivity contribution >= 4 is 21.6 Å². The average Bonchev–Trinajstić information content (AvgIpc) is 2.79. The van der Waals surface area contributed by atoms with Crippen LogP contribution in [0.1, 0.15) is 30.9 Å². The normalized spacial score (nSPS) is 20.9. The van der Waals surface area contributed by atoms with Crippen LogP contribution in [0.5, 0.6) is 0 Å². The van der Waals surface area contributed by atoms with Gasteiger partial charge in [-0.05, 0) is 44.4 Å². The molecule has 0 amide bonds. The van der Waals surface area contributed by atoms with E-state index in [9.17, 15) is 12.8 Å². The van der Waals surface area contributed by atoms with Gasteiger partial charge in [-0.15, -0.1) is 11.6 Å². The van der Waals surface area contributed by atoms with Gasteiger partial charge in [-0.3, -0.25) is 0 Å². The Kier molecular flexibility index (Phi) is 4.18. The number of hydrogen-bond acceptors (Lipinski definition) is 2. The van der Waals surface area contributed by atoms with Gasteiger partial charge in [0.25, 0.3) is 0 Å². The minimum Gasteiger partial charge on any atom is -0.207 e. The van der Waals surface area contributed by atoms with Gasteiger partial charge in [0, 0.05) is 18.2 Å². The molecule has 1 aromatic rings. The van der Waals surface area contributed by atoms with E-state index in [1.807, 2.05) is 6.92 Å². The summed E-state index contributed by atoms with van der Waals surface area (Å²) in [5.74, 6) is -0.464. The zero-order chi connectivity index (χ0) is 14.2. The molecule has 106 valence electrons. The van der Waals surface area contributed by atoms with E-state index in [0.29, 0.717) is 12.1 Å². The summed E-state index contributed by atoms with van der Waals surface area (Å²) in [4.78, 5) is 0.135. The standard InChI is InChI=1S/C13H17ClFNO2S/c1-9-6-12(7-11(8-14)13(9)15)19(17,18)16-5-3-4-10(16)2/h6-7,10H,3-5,8H2,1-2H3. The maximum absolute atomic E-state index is 13.7. The van der Waals surface area contributed by atoms with Crippen molar-refractivity contribution in [2.45, 2.75) is 43.5 Å². The third kappa shape index (κ3) is 2.64. The van der Waals surface area contributed by atoms with Crippen LogP contribution in [0, 0.1) is 12.7 Å². The minimum atomic E-state index is -3.55. The maximum atomic E-state index is 13.7. The van der Waals surface area contributed by atoms with Crippen molar-refractivity contribution in [1.29, 1.82) is 0 Å². The van der Waals surface area contributed by atoms with Crippen LogP contribution in [0.2, 0.25) is 0 Å². The summed E-state index contributed by atoms with van der Waals surface area (Å²) < 4.78 is 40.3. The van der Waals surface area contributed by atoms with E-state index in [1.165, 1.54) is 16.4 Å². The number of rotatable bonds is 3. The Morgan fingerprint density at radius 2 is 2.16 bits per heavy atom. The fraction of sp³-hybridized carbons (Fsp3) is 0.538. The van der Waals surface area contributed by atoms with Crippen LogP contribution in [-0.2, 0) is 15.9 Å². The lowest BCUT2D eigenvalue weighted by Gasteiger charge is -2.21. The lowest BCUT2D eigenvalue weighted by Crippen LogP contribution is -2.33. The van der Waals surface area contributed by atoms with E-state index in [4.69, 9.17) is 11.6 Å². The van der Waals surface area contributed by atoms with E-state index >= 15 is 0 Å². The van der Waals surface area contributed by atoms with Crippen LogP contribution >= 0.6 is 11.6 Å². The van der Waals surface area contributed by atoms with Crippen LogP contribution in [0.25, 0.3) is 0 Å². The van der Waals surface area contributed by atoms with Gasteiger partial charge in [0.05, 0.1) is 10.8 Å². The summed E-state index contributed by atoms with van der Waals surface area (Å²) in [5, 5.41) is 0. The van der Waals surface area contributed by atoms with Crippen molar-refractivity contribution in [3.63, 3.8) is 0 Å². The summed E-state index contributed by atoms with van der Waals surface area (Å²) in [6, 6.07) is 2.72. The Morgan fingerprint density at radius 1 is 1.47 bits per heavy atom. The molecule has 19 heavy (non-hydrogen) atoms. The monoisotopic (exact) mass is 305 g/mol. The first-order valence-electron chi connectivity index (χ1n) is 6.24. The highest BCUT2D eigenvalue weighted by Gasteiger charge is 2.33. The number of aryl methyl sites for hydroxylation is 1. The predicted octanol–water partition coefficient (Wildman–Crippen LogP) is 3.05. The molecule has 0 spiro atoms. The molecule has 0 aromatic heterocycles. The Bertz CT molecular complexity index is 589. The second-order valence-corrected chi connectivity index (χ2v) is 7.11. The number of halogens is 2. The molecule has 1 atom stereocenters. The molecule has 0 bridgehead atoms. The Labute approximate surface area is 118 Å². The van der Waals surface area contributed by atoms with Crippen molar-refractivity contribution in [3.05, 3.63) is 29.1 Å². The first-order valence-corrected chi connectivity index (χ1v) is 8.22. The number of alkyl halides is 1. The summed E-state index contributed by atoms with van der Waals surface area (Å²) in [6.45, 7) is 3.97. The van der Waals surface area contributed by atoms with E-state index in [0.717, 1.165) is 12.8 Å². The summed E-state index contributed by atoms with van der Waals surface area (Å²) in [7, 11) is -3.55. The zero-order valence-electron chi connectivity index (χ0n) is 11.0. The van der Waals surface area contributed by atoms with E-state index in [-0.39, 0.29) is 22.4 Å². The van der Waals surface area contributed by atoms with Gasteiger partial charge < -0.3 is 0 Å². The number of hydrogen-bond donors (Lipinski definition) is 0. The van der Waals surface area contributed by atoms with Crippen LogP contribution in [0.3, 0.4) is 0 Å². The smallest absolute Gasteiger partial charge is 0.207 e. The van der Waals surface area contributed by atoms with Crippen LogP contribution < -0.4 is 0 Å². The molecule has 0 saturated carbocycles. The van der Waals surface area contributed by atoms with Gasteiger partial charge in [-0.25, -0.2) is 12.8 Å². The predicted molar refractivity (Wildman–Crippen MR) is 73.3 cm³/mol.